The average molecular weight is 197 g/mol. The Morgan fingerprint density at radius 3 is 2.50 bits per heavy atom. The lowest BCUT2D eigenvalue weighted by Gasteiger charge is -2.11. The van der Waals surface area contributed by atoms with Gasteiger partial charge in [0.2, 0.25) is 0 Å². The van der Waals surface area contributed by atoms with E-state index in [2.05, 4.69) is 9.56 Å². The van der Waals surface area contributed by atoms with Gasteiger partial charge in [-0.1, -0.05) is 0 Å². The monoisotopic (exact) mass is 197 g/mol. The Hall–Kier alpha value is -0.210. The Morgan fingerprint density at radius 1 is 1.50 bits per heavy atom. The normalized spacial score (nSPS) is 12.3. The van der Waals surface area contributed by atoms with Crippen molar-refractivity contribution in [2.24, 2.45) is 5.90 Å². The van der Waals surface area contributed by atoms with E-state index >= 15 is 0 Å². The van der Waals surface area contributed by atoms with Gasteiger partial charge in [-0.2, -0.15) is 12.7 Å². The number of hydrogen-bond acceptors (Lipinski definition) is 4. The molecule has 0 fully saturated rings. The van der Waals surface area contributed by atoms with Crippen LogP contribution in [0.3, 0.4) is 0 Å². The fraction of sp³-hybridized carbons (Fsp3) is 1.00. The van der Waals surface area contributed by atoms with Crippen LogP contribution in [-0.2, 0) is 15.0 Å². The van der Waals surface area contributed by atoms with Gasteiger partial charge in [-0.3, -0.25) is 0 Å². The van der Waals surface area contributed by atoms with Crippen molar-refractivity contribution < 1.29 is 13.3 Å². The highest BCUT2D eigenvalue weighted by atomic mass is 32.2. The smallest absolute Gasteiger partial charge is 0.278 e. The largest absolute Gasteiger partial charge is 0.305 e. The molecule has 3 N–H and O–H groups in total. The lowest BCUT2D eigenvalue weighted by molar-refractivity contribution is 0.136. The van der Waals surface area contributed by atoms with Crippen molar-refractivity contribution in [1.82, 2.24) is 9.03 Å². The summed E-state index contributed by atoms with van der Waals surface area (Å²) in [6.45, 7) is 0.674. The summed E-state index contributed by atoms with van der Waals surface area (Å²) in [5, 5.41) is 0. The molecule has 0 saturated heterocycles. The predicted octanol–water partition coefficient (Wildman–Crippen LogP) is -1.34. The van der Waals surface area contributed by atoms with Crippen molar-refractivity contribution in [1.29, 1.82) is 0 Å². The average Bonchev–Trinajstić information content (AvgIpc) is 1.98. The molecule has 0 aromatic heterocycles. The molecular formula is C5H15N3O3S. The Balaban J connectivity index is 3.63. The second-order valence-electron chi connectivity index (χ2n) is 2.41. The molecule has 0 unspecified atom stereocenters. The van der Waals surface area contributed by atoms with Gasteiger partial charge in [-0.15, -0.1) is 0 Å². The SMILES string of the molecule is CN(C)S(=O)(=O)NCCCON. The highest BCUT2D eigenvalue weighted by Crippen LogP contribution is 1.87. The van der Waals surface area contributed by atoms with Crippen LogP contribution in [0.4, 0.5) is 0 Å². The topological polar surface area (TPSA) is 84.7 Å². The molecule has 0 atom stereocenters. The van der Waals surface area contributed by atoms with E-state index in [0.717, 1.165) is 4.31 Å². The van der Waals surface area contributed by atoms with Crippen LogP contribution in [0, 0.1) is 0 Å². The molecular weight excluding hydrogens is 182 g/mol. The summed E-state index contributed by atoms with van der Waals surface area (Å²) in [6, 6.07) is 0. The van der Waals surface area contributed by atoms with Crippen LogP contribution in [0.5, 0.6) is 0 Å². The standard InChI is InChI=1S/C5H15N3O3S/c1-8(2)12(9,10)7-4-3-5-11-6/h7H,3-6H2,1-2H3. The Morgan fingerprint density at radius 2 is 2.08 bits per heavy atom. The summed E-state index contributed by atoms with van der Waals surface area (Å²) in [6.07, 6.45) is 0.559. The van der Waals surface area contributed by atoms with E-state index in [9.17, 15) is 8.42 Å². The van der Waals surface area contributed by atoms with E-state index in [0.29, 0.717) is 19.6 Å². The first kappa shape index (κ1) is 11.8. The van der Waals surface area contributed by atoms with Gasteiger partial charge in [0, 0.05) is 20.6 Å². The molecule has 0 rings (SSSR count). The van der Waals surface area contributed by atoms with Crippen LogP contribution < -0.4 is 10.6 Å². The van der Waals surface area contributed by atoms with Gasteiger partial charge in [0.15, 0.2) is 0 Å². The van der Waals surface area contributed by atoms with Crippen LogP contribution >= 0.6 is 0 Å². The number of rotatable bonds is 6. The van der Waals surface area contributed by atoms with Gasteiger partial charge in [-0.25, -0.2) is 10.6 Å². The zero-order valence-corrected chi connectivity index (χ0v) is 8.10. The highest BCUT2D eigenvalue weighted by molar-refractivity contribution is 7.87. The number of nitrogens with two attached hydrogens (primary N) is 1. The van der Waals surface area contributed by atoms with Crippen LogP contribution in [0.25, 0.3) is 0 Å². The minimum absolute atomic E-state index is 0.331. The summed E-state index contributed by atoms with van der Waals surface area (Å²) < 4.78 is 25.5. The van der Waals surface area contributed by atoms with Crippen LogP contribution in [0.15, 0.2) is 0 Å². The molecule has 0 aromatic carbocycles. The van der Waals surface area contributed by atoms with Gasteiger partial charge >= 0.3 is 0 Å². The molecule has 6 nitrogen and oxygen atoms in total. The third-order valence-electron chi connectivity index (χ3n) is 1.20. The fourth-order valence-corrected chi connectivity index (χ4v) is 1.15. The van der Waals surface area contributed by atoms with Gasteiger partial charge in [0.25, 0.3) is 10.2 Å². The first-order valence-electron chi connectivity index (χ1n) is 3.49. The zero-order valence-electron chi connectivity index (χ0n) is 7.28. The minimum atomic E-state index is -3.29. The van der Waals surface area contributed by atoms with Crippen molar-refractivity contribution in [2.45, 2.75) is 6.42 Å². The quantitative estimate of drug-likeness (QED) is 0.408. The summed E-state index contributed by atoms with van der Waals surface area (Å²) in [5.41, 5.74) is 0. The molecule has 0 saturated carbocycles. The Bertz CT molecular complexity index is 202. The summed E-state index contributed by atoms with van der Waals surface area (Å²) >= 11 is 0. The maximum atomic E-state index is 11.0. The first-order valence-corrected chi connectivity index (χ1v) is 4.93. The molecule has 0 aliphatic carbocycles. The van der Waals surface area contributed by atoms with Gasteiger partial charge in [0.1, 0.15) is 0 Å². The first-order chi connectivity index (χ1) is 5.50. The molecule has 0 aromatic rings. The van der Waals surface area contributed by atoms with Crippen LogP contribution in [0.1, 0.15) is 6.42 Å². The molecule has 0 heterocycles. The second kappa shape index (κ2) is 5.44. The van der Waals surface area contributed by atoms with Crippen LogP contribution in [0.2, 0.25) is 0 Å². The molecule has 0 aliphatic rings. The molecule has 0 radical (unpaired) electrons. The van der Waals surface area contributed by atoms with Gasteiger partial charge < -0.3 is 4.84 Å². The minimum Gasteiger partial charge on any atom is -0.305 e. The highest BCUT2D eigenvalue weighted by Gasteiger charge is 2.10. The lowest BCUT2D eigenvalue weighted by atomic mass is 10.5. The molecule has 7 heteroatoms. The van der Waals surface area contributed by atoms with E-state index in [4.69, 9.17) is 5.90 Å². The van der Waals surface area contributed by atoms with E-state index < -0.39 is 10.2 Å². The van der Waals surface area contributed by atoms with E-state index in [-0.39, 0.29) is 0 Å². The van der Waals surface area contributed by atoms with Crippen molar-refractivity contribution in [3.05, 3.63) is 0 Å². The van der Waals surface area contributed by atoms with E-state index in [1.807, 2.05) is 0 Å². The zero-order chi connectivity index (χ0) is 9.61. The number of nitrogens with zero attached hydrogens (tertiary/aromatic N) is 1. The molecule has 12 heavy (non-hydrogen) atoms. The Labute approximate surface area is 72.8 Å². The van der Waals surface area contributed by atoms with Crippen molar-refractivity contribution in [3.8, 4) is 0 Å². The number of hydrogen-bond donors (Lipinski definition) is 2. The Kier molecular flexibility index (Phi) is 5.34. The van der Waals surface area contributed by atoms with E-state index in [1.54, 1.807) is 0 Å². The summed E-state index contributed by atoms with van der Waals surface area (Å²) in [5.74, 6) is 4.75. The summed E-state index contributed by atoms with van der Waals surface area (Å²) in [4.78, 5) is 4.27. The second-order valence-corrected chi connectivity index (χ2v) is 4.38. The van der Waals surface area contributed by atoms with Gasteiger partial charge in [-0.05, 0) is 6.42 Å². The maximum Gasteiger partial charge on any atom is 0.278 e. The molecule has 0 aliphatic heterocycles. The lowest BCUT2D eigenvalue weighted by Crippen LogP contribution is -2.36. The molecule has 74 valence electrons. The van der Waals surface area contributed by atoms with E-state index in [1.165, 1.54) is 14.1 Å². The number of nitrogens with one attached hydrogen (secondary N) is 1. The molecule has 0 bridgehead atoms. The third kappa shape index (κ3) is 4.62. The van der Waals surface area contributed by atoms with Crippen molar-refractivity contribution >= 4 is 10.2 Å². The fourth-order valence-electron chi connectivity index (χ4n) is 0.486. The van der Waals surface area contributed by atoms with Crippen molar-refractivity contribution in [2.75, 3.05) is 27.2 Å². The van der Waals surface area contributed by atoms with Crippen LogP contribution in [-0.4, -0.2) is 40.0 Å². The third-order valence-corrected chi connectivity index (χ3v) is 2.73. The molecule has 0 spiro atoms. The summed E-state index contributed by atoms with van der Waals surface area (Å²) in [7, 11) is -0.372. The maximum absolute atomic E-state index is 11.0. The van der Waals surface area contributed by atoms with Crippen molar-refractivity contribution in [3.63, 3.8) is 0 Å². The van der Waals surface area contributed by atoms with Gasteiger partial charge in [0.05, 0.1) is 6.61 Å². The molecule has 0 amide bonds. The predicted molar refractivity (Wildman–Crippen MR) is 45.4 cm³/mol.